The maximum atomic E-state index is 13.4. The minimum absolute atomic E-state index is 0.0852. The zero-order valence-electron chi connectivity index (χ0n) is 12.8. The molecule has 5 heteroatoms. The molecular formula is C16H20F2N2S. The molecule has 0 fully saturated rings. The predicted molar refractivity (Wildman–Crippen MR) is 83.5 cm³/mol. The van der Waals surface area contributed by atoms with Crippen LogP contribution in [0.3, 0.4) is 0 Å². The molecule has 114 valence electrons. The van der Waals surface area contributed by atoms with E-state index in [4.69, 9.17) is 0 Å². The van der Waals surface area contributed by atoms with E-state index in [2.05, 4.69) is 31.1 Å². The van der Waals surface area contributed by atoms with Crippen LogP contribution in [-0.4, -0.2) is 11.5 Å². The lowest BCUT2D eigenvalue weighted by Gasteiger charge is -2.17. The van der Waals surface area contributed by atoms with Crippen LogP contribution in [0.2, 0.25) is 0 Å². The second-order valence-electron chi connectivity index (χ2n) is 5.95. The summed E-state index contributed by atoms with van der Waals surface area (Å²) < 4.78 is 26.5. The molecule has 2 aromatic rings. The Morgan fingerprint density at radius 3 is 2.48 bits per heavy atom. The number of hydrogen-bond acceptors (Lipinski definition) is 3. The lowest BCUT2D eigenvalue weighted by molar-refractivity contribution is 0.509. The zero-order valence-corrected chi connectivity index (χ0v) is 13.6. The summed E-state index contributed by atoms with van der Waals surface area (Å²) in [5.41, 5.74) is 1.54. The largest absolute Gasteiger partial charge is 0.312 e. The zero-order chi connectivity index (χ0) is 15.6. The van der Waals surface area contributed by atoms with Crippen molar-refractivity contribution < 1.29 is 8.78 Å². The standard InChI is InChI=1S/C16H20F2N2S/c1-5-19-9-13-14(16(2,3)4)20-15(21-13)10-6-7-11(17)12(18)8-10/h6-8,19H,5,9H2,1-4H3. The summed E-state index contributed by atoms with van der Waals surface area (Å²) in [6.07, 6.45) is 0. The Labute approximate surface area is 128 Å². The highest BCUT2D eigenvalue weighted by Crippen LogP contribution is 2.34. The number of benzene rings is 1. The number of aromatic nitrogens is 1. The second-order valence-corrected chi connectivity index (χ2v) is 7.03. The van der Waals surface area contributed by atoms with Gasteiger partial charge in [-0.1, -0.05) is 27.7 Å². The van der Waals surface area contributed by atoms with Crippen molar-refractivity contribution in [3.63, 3.8) is 0 Å². The van der Waals surface area contributed by atoms with E-state index >= 15 is 0 Å². The Balaban J connectivity index is 2.45. The van der Waals surface area contributed by atoms with E-state index in [9.17, 15) is 8.78 Å². The van der Waals surface area contributed by atoms with Gasteiger partial charge in [-0.05, 0) is 24.7 Å². The van der Waals surface area contributed by atoms with Gasteiger partial charge in [0.05, 0.1) is 5.69 Å². The van der Waals surface area contributed by atoms with Crippen LogP contribution >= 0.6 is 11.3 Å². The van der Waals surface area contributed by atoms with E-state index in [0.717, 1.165) is 34.7 Å². The van der Waals surface area contributed by atoms with E-state index in [-0.39, 0.29) is 5.41 Å². The fourth-order valence-corrected chi connectivity index (χ4v) is 3.29. The highest BCUT2D eigenvalue weighted by atomic mass is 32.1. The Morgan fingerprint density at radius 2 is 1.90 bits per heavy atom. The van der Waals surface area contributed by atoms with Crippen LogP contribution in [0.15, 0.2) is 18.2 Å². The first-order valence-electron chi connectivity index (χ1n) is 6.99. The first-order valence-corrected chi connectivity index (χ1v) is 7.81. The Morgan fingerprint density at radius 1 is 1.19 bits per heavy atom. The number of thiazole rings is 1. The van der Waals surface area contributed by atoms with Gasteiger partial charge >= 0.3 is 0 Å². The molecule has 0 amide bonds. The minimum Gasteiger partial charge on any atom is -0.312 e. The number of nitrogens with zero attached hydrogens (tertiary/aromatic N) is 1. The van der Waals surface area contributed by atoms with Gasteiger partial charge in [0.1, 0.15) is 5.01 Å². The molecule has 1 heterocycles. The van der Waals surface area contributed by atoms with Crippen molar-refractivity contribution in [2.45, 2.75) is 39.7 Å². The molecule has 1 N–H and O–H groups in total. The average Bonchev–Trinajstić information content (AvgIpc) is 2.83. The lowest BCUT2D eigenvalue weighted by atomic mass is 9.91. The van der Waals surface area contributed by atoms with E-state index < -0.39 is 11.6 Å². The lowest BCUT2D eigenvalue weighted by Crippen LogP contribution is -2.18. The third kappa shape index (κ3) is 3.66. The van der Waals surface area contributed by atoms with Crippen molar-refractivity contribution in [2.75, 3.05) is 6.54 Å². The van der Waals surface area contributed by atoms with Crippen molar-refractivity contribution in [3.05, 3.63) is 40.4 Å². The molecule has 2 rings (SSSR count). The molecule has 2 nitrogen and oxygen atoms in total. The van der Waals surface area contributed by atoms with Gasteiger partial charge in [0, 0.05) is 22.4 Å². The molecule has 0 radical (unpaired) electrons. The van der Waals surface area contributed by atoms with Crippen LogP contribution in [0.4, 0.5) is 8.78 Å². The molecular weight excluding hydrogens is 290 g/mol. The molecule has 0 aliphatic heterocycles. The molecule has 0 saturated heterocycles. The SMILES string of the molecule is CCNCc1sc(-c2ccc(F)c(F)c2)nc1C(C)(C)C. The summed E-state index contributed by atoms with van der Waals surface area (Å²) >= 11 is 1.53. The first-order chi connectivity index (χ1) is 9.82. The molecule has 0 aliphatic carbocycles. The first kappa shape index (κ1) is 16.0. The maximum absolute atomic E-state index is 13.4. The molecule has 0 atom stereocenters. The minimum atomic E-state index is -0.840. The van der Waals surface area contributed by atoms with Crippen LogP contribution in [0, 0.1) is 11.6 Å². The van der Waals surface area contributed by atoms with Gasteiger partial charge in [0.25, 0.3) is 0 Å². The van der Waals surface area contributed by atoms with E-state index in [1.54, 1.807) is 6.07 Å². The molecule has 1 aromatic heterocycles. The fraction of sp³-hybridized carbons (Fsp3) is 0.438. The Bertz CT molecular complexity index is 630. The van der Waals surface area contributed by atoms with E-state index in [1.807, 2.05) is 6.92 Å². The van der Waals surface area contributed by atoms with Crippen molar-refractivity contribution in [1.82, 2.24) is 10.3 Å². The molecule has 0 unspecified atom stereocenters. The summed E-state index contributed by atoms with van der Waals surface area (Å²) in [6, 6.07) is 3.92. The van der Waals surface area contributed by atoms with Crippen LogP contribution < -0.4 is 5.32 Å². The summed E-state index contributed by atoms with van der Waals surface area (Å²) in [5, 5.41) is 4.03. The summed E-state index contributed by atoms with van der Waals surface area (Å²) in [4.78, 5) is 5.81. The highest BCUT2D eigenvalue weighted by molar-refractivity contribution is 7.15. The van der Waals surface area contributed by atoms with Gasteiger partial charge < -0.3 is 5.32 Å². The van der Waals surface area contributed by atoms with Gasteiger partial charge in [-0.3, -0.25) is 0 Å². The normalized spacial score (nSPS) is 11.9. The summed E-state index contributed by atoms with van der Waals surface area (Å²) in [5.74, 6) is -1.67. The van der Waals surface area contributed by atoms with E-state index in [0.29, 0.717) is 5.56 Å². The van der Waals surface area contributed by atoms with Crippen molar-refractivity contribution in [3.8, 4) is 10.6 Å². The third-order valence-electron chi connectivity index (χ3n) is 3.11. The smallest absolute Gasteiger partial charge is 0.159 e. The van der Waals surface area contributed by atoms with Crippen LogP contribution in [-0.2, 0) is 12.0 Å². The molecule has 1 aromatic carbocycles. The molecule has 0 bridgehead atoms. The molecule has 21 heavy (non-hydrogen) atoms. The molecule has 0 spiro atoms. The number of rotatable bonds is 4. The van der Waals surface area contributed by atoms with Gasteiger partial charge in [-0.2, -0.15) is 0 Å². The summed E-state index contributed by atoms with van der Waals surface area (Å²) in [7, 11) is 0. The monoisotopic (exact) mass is 310 g/mol. The van der Waals surface area contributed by atoms with Crippen LogP contribution in [0.25, 0.3) is 10.6 Å². The molecule has 0 saturated carbocycles. The van der Waals surface area contributed by atoms with Crippen LogP contribution in [0.5, 0.6) is 0 Å². The van der Waals surface area contributed by atoms with Crippen LogP contribution in [0.1, 0.15) is 38.3 Å². The molecule has 0 aliphatic rings. The van der Waals surface area contributed by atoms with Gasteiger partial charge in [0.2, 0.25) is 0 Å². The number of nitrogens with one attached hydrogen (secondary N) is 1. The average molecular weight is 310 g/mol. The van der Waals surface area contributed by atoms with Crippen molar-refractivity contribution in [2.24, 2.45) is 0 Å². The third-order valence-corrected chi connectivity index (χ3v) is 4.21. The number of halogens is 2. The van der Waals surface area contributed by atoms with Crippen molar-refractivity contribution in [1.29, 1.82) is 0 Å². The van der Waals surface area contributed by atoms with E-state index in [1.165, 1.54) is 17.4 Å². The Kier molecular flexibility index (Phi) is 4.74. The highest BCUT2D eigenvalue weighted by Gasteiger charge is 2.23. The Hall–Kier alpha value is -1.33. The van der Waals surface area contributed by atoms with Gasteiger partial charge in [-0.25, -0.2) is 13.8 Å². The van der Waals surface area contributed by atoms with Crippen molar-refractivity contribution >= 4 is 11.3 Å². The topological polar surface area (TPSA) is 24.9 Å². The summed E-state index contributed by atoms with van der Waals surface area (Å²) in [6.45, 7) is 9.98. The fourth-order valence-electron chi connectivity index (χ4n) is 2.05. The number of hydrogen-bond donors (Lipinski definition) is 1. The predicted octanol–water partition coefficient (Wildman–Crippen LogP) is 4.50. The maximum Gasteiger partial charge on any atom is 0.159 e. The second kappa shape index (κ2) is 6.20. The quantitative estimate of drug-likeness (QED) is 0.899. The van der Waals surface area contributed by atoms with Gasteiger partial charge in [-0.15, -0.1) is 11.3 Å². The van der Waals surface area contributed by atoms with Gasteiger partial charge in [0.15, 0.2) is 11.6 Å².